The van der Waals surface area contributed by atoms with Crippen molar-refractivity contribution in [2.45, 2.75) is 71.3 Å². The van der Waals surface area contributed by atoms with Gasteiger partial charge in [0, 0.05) is 0 Å². The Kier molecular flexibility index (Phi) is 9.04. The first kappa shape index (κ1) is 15.3. The number of allylic oxidation sites excluding steroid dienone is 2. The topological polar surface area (TPSA) is 20.2 Å². The molecule has 92 valence electrons. The molecular formula is C15H26O. The van der Waals surface area contributed by atoms with Crippen molar-refractivity contribution in [2.24, 2.45) is 0 Å². The summed E-state index contributed by atoms with van der Waals surface area (Å²) in [6, 6.07) is 0. The van der Waals surface area contributed by atoms with Crippen molar-refractivity contribution in [3.05, 3.63) is 12.2 Å². The average molecular weight is 222 g/mol. The van der Waals surface area contributed by atoms with E-state index in [1.165, 1.54) is 38.5 Å². The Balaban J connectivity index is 3.37. The minimum atomic E-state index is -0.871. The van der Waals surface area contributed by atoms with E-state index in [0.29, 0.717) is 0 Å². The van der Waals surface area contributed by atoms with Crippen molar-refractivity contribution < 1.29 is 5.11 Å². The lowest BCUT2D eigenvalue weighted by molar-refractivity contribution is 0.143. The van der Waals surface area contributed by atoms with Crippen molar-refractivity contribution in [1.82, 2.24) is 0 Å². The van der Waals surface area contributed by atoms with Gasteiger partial charge < -0.3 is 5.11 Å². The van der Waals surface area contributed by atoms with E-state index in [-0.39, 0.29) is 0 Å². The second-order valence-electron chi connectivity index (χ2n) is 4.79. The molecule has 0 unspecified atom stereocenters. The van der Waals surface area contributed by atoms with Gasteiger partial charge in [0.15, 0.2) is 0 Å². The Hall–Kier alpha value is -0.740. The molecule has 0 heterocycles. The second-order valence-corrected chi connectivity index (χ2v) is 4.79. The molecular weight excluding hydrogens is 196 g/mol. The molecule has 0 rings (SSSR count). The number of hydrogen-bond donors (Lipinski definition) is 1. The molecule has 0 spiro atoms. The molecule has 1 nitrogen and oxygen atoms in total. The number of rotatable bonds is 7. The SMILES string of the molecule is CCCCCCCC/C=C/C#CC(C)(C)O. The maximum absolute atomic E-state index is 9.33. The van der Waals surface area contributed by atoms with Crippen LogP contribution in [0.15, 0.2) is 12.2 Å². The average Bonchev–Trinajstić information content (AvgIpc) is 2.19. The highest BCUT2D eigenvalue weighted by atomic mass is 16.3. The molecule has 1 N–H and O–H groups in total. The van der Waals surface area contributed by atoms with Crippen LogP contribution in [0.25, 0.3) is 0 Å². The third-order valence-corrected chi connectivity index (χ3v) is 2.30. The van der Waals surface area contributed by atoms with Gasteiger partial charge in [-0.1, -0.05) is 56.9 Å². The fourth-order valence-corrected chi connectivity index (χ4v) is 1.40. The first-order valence-electron chi connectivity index (χ1n) is 6.46. The van der Waals surface area contributed by atoms with Crippen LogP contribution in [0.4, 0.5) is 0 Å². The minimum Gasteiger partial charge on any atom is -0.378 e. The Labute approximate surface area is 101 Å². The summed E-state index contributed by atoms with van der Waals surface area (Å²) in [5, 5.41) is 9.33. The van der Waals surface area contributed by atoms with Crippen LogP contribution < -0.4 is 0 Å². The highest BCUT2D eigenvalue weighted by Crippen LogP contribution is 2.07. The molecule has 0 aromatic carbocycles. The summed E-state index contributed by atoms with van der Waals surface area (Å²) in [6.45, 7) is 5.63. The molecule has 0 aliphatic rings. The molecule has 0 bridgehead atoms. The normalized spacial score (nSPS) is 11.5. The zero-order chi connectivity index (χ0) is 12.3. The maximum Gasteiger partial charge on any atom is 0.120 e. The highest BCUT2D eigenvalue weighted by Gasteiger charge is 2.04. The van der Waals surface area contributed by atoms with Crippen LogP contribution in [0, 0.1) is 11.8 Å². The van der Waals surface area contributed by atoms with Gasteiger partial charge in [0.05, 0.1) is 0 Å². The van der Waals surface area contributed by atoms with Gasteiger partial charge in [-0.25, -0.2) is 0 Å². The molecule has 0 fully saturated rings. The predicted molar refractivity (Wildman–Crippen MR) is 71.2 cm³/mol. The number of hydrogen-bond acceptors (Lipinski definition) is 1. The number of aliphatic hydroxyl groups is 1. The van der Waals surface area contributed by atoms with Crippen molar-refractivity contribution in [3.63, 3.8) is 0 Å². The van der Waals surface area contributed by atoms with E-state index in [4.69, 9.17) is 0 Å². The van der Waals surface area contributed by atoms with E-state index in [1.807, 2.05) is 6.08 Å². The molecule has 0 saturated heterocycles. The molecule has 0 aliphatic heterocycles. The van der Waals surface area contributed by atoms with E-state index < -0.39 is 5.60 Å². The highest BCUT2D eigenvalue weighted by molar-refractivity contribution is 5.20. The fraction of sp³-hybridized carbons (Fsp3) is 0.733. The first-order chi connectivity index (χ1) is 7.56. The van der Waals surface area contributed by atoms with Gasteiger partial charge >= 0.3 is 0 Å². The van der Waals surface area contributed by atoms with Crippen LogP contribution in [0.1, 0.15) is 65.7 Å². The van der Waals surface area contributed by atoms with E-state index in [1.54, 1.807) is 13.8 Å². The predicted octanol–water partition coefficient (Wildman–Crippen LogP) is 4.07. The van der Waals surface area contributed by atoms with Crippen molar-refractivity contribution in [1.29, 1.82) is 0 Å². The lowest BCUT2D eigenvalue weighted by Gasteiger charge is -2.04. The zero-order valence-corrected chi connectivity index (χ0v) is 11.1. The summed E-state index contributed by atoms with van der Waals surface area (Å²) in [5.41, 5.74) is -0.871. The van der Waals surface area contributed by atoms with Crippen LogP contribution in [0.2, 0.25) is 0 Å². The Morgan fingerprint density at radius 2 is 1.69 bits per heavy atom. The molecule has 0 amide bonds. The lowest BCUT2D eigenvalue weighted by Crippen LogP contribution is -2.14. The van der Waals surface area contributed by atoms with Gasteiger partial charge in [-0.05, 0) is 32.8 Å². The second kappa shape index (κ2) is 9.48. The van der Waals surface area contributed by atoms with E-state index in [9.17, 15) is 5.11 Å². The third-order valence-electron chi connectivity index (χ3n) is 2.30. The van der Waals surface area contributed by atoms with Crippen LogP contribution in [-0.2, 0) is 0 Å². The van der Waals surface area contributed by atoms with Gasteiger partial charge in [0.2, 0.25) is 0 Å². The van der Waals surface area contributed by atoms with Crippen LogP contribution >= 0.6 is 0 Å². The monoisotopic (exact) mass is 222 g/mol. The molecule has 0 aromatic rings. The Bertz CT molecular complexity index is 234. The fourth-order valence-electron chi connectivity index (χ4n) is 1.40. The van der Waals surface area contributed by atoms with Gasteiger partial charge in [0.1, 0.15) is 5.60 Å². The van der Waals surface area contributed by atoms with Crippen LogP contribution in [-0.4, -0.2) is 10.7 Å². The van der Waals surface area contributed by atoms with Gasteiger partial charge in [0.25, 0.3) is 0 Å². The van der Waals surface area contributed by atoms with Crippen LogP contribution in [0.3, 0.4) is 0 Å². The molecule has 0 saturated carbocycles. The van der Waals surface area contributed by atoms with E-state index >= 15 is 0 Å². The van der Waals surface area contributed by atoms with Crippen molar-refractivity contribution in [2.75, 3.05) is 0 Å². The summed E-state index contributed by atoms with van der Waals surface area (Å²) in [5.74, 6) is 5.62. The molecule has 0 radical (unpaired) electrons. The third kappa shape index (κ3) is 13.3. The minimum absolute atomic E-state index is 0.871. The number of unbranched alkanes of at least 4 members (excludes halogenated alkanes) is 6. The van der Waals surface area contributed by atoms with Crippen LogP contribution in [0.5, 0.6) is 0 Å². The summed E-state index contributed by atoms with van der Waals surface area (Å²) >= 11 is 0. The first-order valence-corrected chi connectivity index (χ1v) is 6.46. The standard InChI is InChI=1S/C15H26O/c1-4-5-6-7-8-9-10-11-12-13-14-15(2,3)16/h11-12,16H,4-10H2,1-3H3/b12-11+. The summed E-state index contributed by atoms with van der Waals surface area (Å²) in [4.78, 5) is 0. The molecule has 16 heavy (non-hydrogen) atoms. The maximum atomic E-state index is 9.33. The van der Waals surface area contributed by atoms with Gasteiger partial charge in [-0.15, -0.1) is 0 Å². The summed E-state index contributed by atoms with van der Waals surface area (Å²) in [7, 11) is 0. The molecule has 0 atom stereocenters. The van der Waals surface area contributed by atoms with E-state index in [0.717, 1.165) is 6.42 Å². The Morgan fingerprint density at radius 1 is 1.06 bits per heavy atom. The quantitative estimate of drug-likeness (QED) is 0.508. The molecule has 0 aromatic heterocycles. The molecule has 1 heteroatoms. The zero-order valence-electron chi connectivity index (χ0n) is 11.1. The van der Waals surface area contributed by atoms with Crippen molar-refractivity contribution in [3.8, 4) is 11.8 Å². The van der Waals surface area contributed by atoms with Crippen molar-refractivity contribution >= 4 is 0 Å². The summed E-state index contributed by atoms with van der Waals surface area (Å²) in [6.07, 6.45) is 13.0. The van der Waals surface area contributed by atoms with Gasteiger partial charge in [-0.2, -0.15) is 0 Å². The molecule has 0 aliphatic carbocycles. The summed E-state index contributed by atoms with van der Waals surface area (Å²) < 4.78 is 0. The lowest BCUT2D eigenvalue weighted by atomic mass is 10.1. The largest absolute Gasteiger partial charge is 0.378 e. The van der Waals surface area contributed by atoms with E-state index in [2.05, 4.69) is 24.8 Å². The Morgan fingerprint density at radius 3 is 2.31 bits per heavy atom. The smallest absolute Gasteiger partial charge is 0.120 e. The van der Waals surface area contributed by atoms with Gasteiger partial charge in [-0.3, -0.25) is 0 Å².